The van der Waals surface area contributed by atoms with Crippen LogP contribution in [-0.2, 0) is 11.3 Å². The molecule has 6 nitrogen and oxygen atoms in total. The molecule has 1 saturated carbocycles. The van der Waals surface area contributed by atoms with Crippen molar-refractivity contribution >= 4 is 11.8 Å². The van der Waals surface area contributed by atoms with E-state index in [0.29, 0.717) is 18.4 Å². The van der Waals surface area contributed by atoms with Crippen LogP contribution >= 0.6 is 0 Å². The number of carbonyl (C=O) groups is 1. The van der Waals surface area contributed by atoms with Gasteiger partial charge in [-0.2, -0.15) is 0 Å². The lowest BCUT2D eigenvalue weighted by molar-refractivity contribution is -0.137. The third kappa shape index (κ3) is 3.16. The van der Waals surface area contributed by atoms with E-state index in [1.54, 1.807) is 0 Å². The topological polar surface area (TPSA) is 84.2 Å². The maximum atomic E-state index is 12.1. The molecule has 0 spiro atoms. The summed E-state index contributed by atoms with van der Waals surface area (Å²) in [6, 6.07) is 10.3. The Kier molecular flexibility index (Phi) is 3.91. The molecule has 0 radical (unpaired) electrons. The molecule has 2 N–H and O–H groups in total. The molecule has 2 atom stereocenters. The maximum absolute atomic E-state index is 12.1. The largest absolute Gasteiger partial charge is 0.480 e. The van der Waals surface area contributed by atoms with Gasteiger partial charge < -0.3 is 10.4 Å². The molecule has 0 aliphatic heterocycles. The van der Waals surface area contributed by atoms with Crippen LogP contribution in [0.2, 0.25) is 0 Å². The van der Waals surface area contributed by atoms with Crippen molar-refractivity contribution in [2.75, 3.05) is 11.9 Å². The SMILES string of the molecule is O=C(O)Cn1ccnc(NC[C@@H]2C[C@H]2c2ccccc2)c1=O. The number of aliphatic carboxylic acids is 1. The predicted molar refractivity (Wildman–Crippen MR) is 81.9 cm³/mol. The normalized spacial score (nSPS) is 19.6. The summed E-state index contributed by atoms with van der Waals surface area (Å²) >= 11 is 0. The first-order chi connectivity index (χ1) is 10.6. The van der Waals surface area contributed by atoms with Gasteiger partial charge in [-0.05, 0) is 23.8 Å². The Morgan fingerprint density at radius 1 is 1.36 bits per heavy atom. The van der Waals surface area contributed by atoms with Crippen LogP contribution in [0.5, 0.6) is 0 Å². The molecule has 114 valence electrons. The highest BCUT2D eigenvalue weighted by Crippen LogP contribution is 2.47. The summed E-state index contributed by atoms with van der Waals surface area (Å²) in [6.45, 7) is 0.311. The summed E-state index contributed by atoms with van der Waals surface area (Å²) in [4.78, 5) is 26.8. The zero-order chi connectivity index (χ0) is 15.5. The molecular formula is C16H17N3O3. The molecule has 0 amide bonds. The molecule has 1 fully saturated rings. The number of aromatic nitrogens is 2. The van der Waals surface area contributed by atoms with Crippen molar-refractivity contribution in [3.63, 3.8) is 0 Å². The van der Waals surface area contributed by atoms with Crippen molar-refractivity contribution in [1.82, 2.24) is 9.55 Å². The van der Waals surface area contributed by atoms with Crippen LogP contribution < -0.4 is 10.9 Å². The van der Waals surface area contributed by atoms with E-state index in [1.165, 1.54) is 18.0 Å². The maximum Gasteiger partial charge on any atom is 0.323 e. The van der Waals surface area contributed by atoms with E-state index in [1.807, 2.05) is 18.2 Å². The number of carboxylic acid groups (broad SMARTS) is 1. The van der Waals surface area contributed by atoms with Crippen LogP contribution in [-0.4, -0.2) is 27.2 Å². The van der Waals surface area contributed by atoms with Gasteiger partial charge in [0, 0.05) is 18.9 Å². The van der Waals surface area contributed by atoms with Crippen molar-refractivity contribution < 1.29 is 9.90 Å². The second-order valence-electron chi connectivity index (χ2n) is 5.50. The zero-order valence-electron chi connectivity index (χ0n) is 12.0. The number of hydrogen-bond donors (Lipinski definition) is 2. The van der Waals surface area contributed by atoms with Gasteiger partial charge in [-0.3, -0.25) is 14.2 Å². The molecule has 0 saturated heterocycles. The highest BCUT2D eigenvalue weighted by Gasteiger charge is 2.37. The number of hydrogen-bond acceptors (Lipinski definition) is 4. The molecule has 1 aromatic heterocycles. The first-order valence-corrected chi connectivity index (χ1v) is 7.21. The number of carboxylic acids is 1. The predicted octanol–water partition coefficient (Wildman–Crippen LogP) is 1.54. The third-order valence-corrected chi connectivity index (χ3v) is 3.90. The fraction of sp³-hybridized carbons (Fsp3) is 0.312. The van der Waals surface area contributed by atoms with Gasteiger partial charge in [0.05, 0.1) is 0 Å². The molecule has 1 aliphatic rings. The summed E-state index contributed by atoms with van der Waals surface area (Å²) < 4.78 is 1.14. The van der Waals surface area contributed by atoms with Gasteiger partial charge in [0.2, 0.25) is 0 Å². The number of anilines is 1. The van der Waals surface area contributed by atoms with Crippen LogP contribution in [0.3, 0.4) is 0 Å². The first kappa shape index (κ1) is 14.3. The van der Waals surface area contributed by atoms with Crippen LogP contribution in [0.15, 0.2) is 47.5 Å². The molecule has 2 aromatic rings. The summed E-state index contributed by atoms with van der Waals surface area (Å²) in [5.41, 5.74) is 0.917. The molecule has 22 heavy (non-hydrogen) atoms. The molecule has 0 unspecified atom stereocenters. The smallest absolute Gasteiger partial charge is 0.323 e. The van der Waals surface area contributed by atoms with E-state index in [0.717, 1.165) is 11.0 Å². The number of nitrogens with zero attached hydrogens (tertiary/aromatic N) is 2. The fourth-order valence-corrected chi connectivity index (χ4v) is 2.65. The van der Waals surface area contributed by atoms with Crippen LogP contribution in [0.1, 0.15) is 17.9 Å². The lowest BCUT2D eigenvalue weighted by atomic mass is 10.1. The van der Waals surface area contributed by atoms with Gasteiger partial charge in [0.15, 0.2) is 5.82 Å². The standard InChI is InChI=1S/C16H17N3O3/c20-14(21)10-19-7-6-17-15(16(19)22)18-9-12-8-13(12)11-4-2-1-3-5-11/h1-7,12-13H,8-10H2,(H,17,18)(H,20,21)/t12-,13-/m0/s1. The Hall–Kier alpha value is -2.63. The minimum absolute atomic E-state index is 0.211. The number of rotatable bonds is 6. The minimum atomic E-state index is -1.05. The van der Waals surface area contributed by atoms with E-state index in [9.17, 15) is 9.59 Å². The minimum Gasteiger partial charge on any atom is -0.480 e. The summed E-state index contributed by atoms with van der Waals surface area (Å²) in [5, 5.41) is 11.8. The zero-order valence-corrected chi connectivity index (χ0v) is 12.0. The lowest BCUT2D eigenvalue weighted by Crippen LogP contribution is -2.27. The monoisotopic (exact) mass is 299 g/mol. The van der Waals surface area contributed by atoms with Gasteiger partial charge in [0.25, 0.3) is 5.56 Å². The lowest BCUT2D eigenvalue weighted by Gasteiger charge is -2.07. The second kappa shape index (κ2) is 6.01. The highest BCUT2D eigenvalue weighted by atomic mass is 16.4. The van der Waals surface area contributed by atoms with Gasteiger partial charge in [-0.25, -0.2) is 4.98 Å². The van der Waals surface area contributed by atoms with Crippen molar-refractivity contribution in [2.24, 2.45) is 5.92 Å². The molecular weight excluding hydrogens is 282 g/mol. The fourth-order valence-electron chi connectivity index (χ4n) is 2.65. The summed E-state index contributed by atoms with van der Waals surface area (Å²) in [7, 11) is 0. The Labute approximate surface area is 127 Å². The van der Waals surface area contributed by atoms with E-state index in [4.69, 9.17) is 5.11 Å². The Balaban J connectivity index is 1.61. The average Bonchev–Trinajstić information content (AvgIpc) is 3.28. The van der Waals surface area contributed by atoms with Gasteiger partial charge in [0.1, 0.15) is 6.54 Å². The Morgan fingerprint density at radius 3 is 2.86 bits per heavy atom. The van der Waals surface area contributed by atoms with Crippen molar-refractivity contribution in [3.8, 4) is 0 Å². The number of nitrogens with one attached hydrogen (secondary N) is 1. The van der Waals surface area contributed by atoms with Crippen molar-refractivity contribution in [2.45, 2.75) is 18.9 Å². The summed E-state index contributed by atoms with van der Waals surface area (Å²) in [5.74, 6) is 0.170. The van der Waals surface area contributed by atoms with Crippen LogP contribution in [0.4, 0.5) is 5.82 Å². The van der Waals surface area contributed by atoms with Crippen molar-refractivity contribution in [3.05, 3.63) is 58.6 Å². The quantitative estimate of drug-likeness (QED) is 0.845. The third-order valence-electron chi connectivity index (χ3n) is 3.90. The van der Waals surface area contributed by atoms with Gasteiger partial charge >= 0.3 is 5.97 Å². The average molecular weight is 299 g/mol. The Bertz CT molecular complexity index is 727. The number of benzene rings is 1. The molecule has 1 aromatic carbocycles. The van der Waals surface area contributed by atoms with E-state index < -0.39 is 11.5 Å². The first-order valence-electron chi connectivity index (χ1n) is 7.21. The van der Waals surface area contributed by atoms with Crippen molar-refractivity contribution in [1.29, 1.82) is 0 Å². The van der Waals surface area contributed by atoms with E-state index >= 15 is 0 Å². The van der Waals surface area contributed by atoms with Crippen LogP contribution in [0.25, 0.3) is 0 Å². The van der Waals surface area contributed by atoms with E-state index in [2.05, 4.69) is 22.4 Å². The van der Waals surface area contributed by atoms with E-state index in [-0.39, 0.29) is 12.4 Å². The molecule has 1 aliphatic carbocycles. The molecule has 0 bridgehead atoms. The van der Waals surface area contributed by atoms with Gasteiger partial charge in [-0.15, -0.1) is 0 Å². The van der Waals surface area contributed by atoms with Crippen LogP contribution in [0, 0.1) is 5.92 Å². The highest BCUT2D eigenvalue weighted by molar-refractivity contribution is 5.66. The second-order valence-corrected chi connectivity index (χ2v) is 5.50. The molecule has 6 heteroatoms. The summed E-state index contributed by atoms with van der Waals surface area (Å²) in [6.07, 6.45) is 3.91. The van der Waals surface area contributed by atoms with Gasteiger partial charge in [-0.1, -0.05) is 30.3 Å². The Morgan fingerprint density at radius 2 is 2.14 bits per heavy atom. The molecule has 1 heterocycles. The molecule has 3 rings (SSSR count).